The van der Waals surface area contributed by atoms with Gasteiger partial charge in [0.05, 0.1) is 24.5 Å². The number of hydrogen-bond donors (Lipinski definition) is 0. The van der Waals surface area contributed by atoms with Crippen LogP contribution in [0.4, 0.5) is 0 Å². The second kappa shape index (κ2) is 3.39. The van der Waals surface area contributed by atoms with Crippen molar-refractivity contribution < 1.29 is 4.74 Å². The molecule has 0 atom stereocenters. The highest BCUT2D eigenvalue weighted by Crippen LogP contribution is 2.24. The Bertz CT molecular complexity index is 418. The molecule has 1 aromatic heterocycles. The molecule has 1 aromatic rings. The molecule has 0 unspecified atom stereocenters. The van der Waals surface area contributed by atoms with Gasteiger partial charge in [-0.05, 0) is 25.8 Å². The average Bonchev–Trinajstić information content (AvgIpc) is 2.18. The number of aromatic nitrogens is 1. The summed E-state index contributed by atoms with van der Waals surface area (Å²) in [5.74, 6) is 0. The lowest BCUT2D eigenvalue weighted by Crippen LogP contribution is -2.15. The van der Waals surface area contributed by atoms with Crippen LogP contribution in [0.5, 0.6) is 0 Å². The molecule has 0 amide bonds. The summed E-state index contributed by atoms with van der Waals surface area (Å²) in [5.41, 5.74) is 4.83. The molecule has 1 aliphatic heterocycles. The van der Waals surface area contributed by atoms with Crippen LogP contribution in [0.15, 0.2) is 0 Å². The van der Waals surface area contributed by atoms with Gasteiger partial charge in [0.15, 0.2) is 0 Å². The van der Waals surface area contributed by atoms with Crippen LogP contribution in [-0.2, 0) is 17.8 Å². The monoisotopic (exact) mass is 188 g/mol. The van der Waals surface area contributed by atoms with Crippen molar-refractivity contribution in [1.29, 1.82) is 5.26 Å². The minimum atomic E-state index is 0.600. The standard InChI is InChI=1S/C11H12N2O/c1-7-10(5-12)9-3-4-14-6-11(9)8(2)13-7/h3-4,6H2,1-2H3. The molecule has 3 heteroatoms. The first-order valence-corrected chi connectivity index (χ1v) is 4.71. The summed E-state index contributed by atoms with van der Waals surface area (Å²) in [6, 6.07) is 2.23. The van der Waals surface area contributed by atoms with Gasteiger partial charge >= 0.3 is 0 Å². The Kier molecular flexibility index (Phi) is 2.22. The zero-order chi connectivity index (χ0) is 10.1. The van der Waals surface area contributed by atoms with E-state index >= 15 is 0 Å². The smallest absolute Gasteiger partial charge is 0.101 e. The predicted octanol–water partition coefficient (Wildman–Crippen LogP) is 1.64. The molecule has 0 radical (unpaired) electrons. The van der Waals surface area contributed by atoms with Gasteiger partial charge in [-0.15, -0.1) is 0 Å². The second-order valence-corrected chi connectivity index (χ2v) is 3.53. The third kappa shape index (κ3) is 1.28. The molecular weight excluding hydrogens is 176 g/mol. The first-order valence-electron chi connectivity index (χ1n) is 4.71. The summed E-state index contributed by atoms with van der Waals surface area (Å²) in [5, 5.41) is 9.03. The second-order valence-electron chi connectivity index (χ2n) is 3.53. The van der Waals surface area contributed by atoms with Crippen LogP contribution in [0.1, 0.15) is 28.1 Å². The van der Waals surface area contributed by atoms with Crippen LogP contribution >= 0.6 is 0 Å². The number of nitrogens with zero attached hydrogens (tertiary/aromatic N) is 2. The van der Waals surface area contributed by atoms with Gasteiger partial charge in [-0.3, -0.25) is 4.98 Å². The van der Waals surface area contributed by atoms with E-state index in [0.717, 1.165) is 34.5 Å². The molecule has 0 fully saturated rings. The van der Waals surface area contributed by atoms with Crippen molar-refractivity contribution in [1.82, 2.24) is 4.98 Å². The molecule has 1 aliphatic rings. The molecule has 0 aromatic carbocycles. The quantitative estimate of drug-likeness (QED) is 0.621. The fraction of sp³-hybridized carbons (Fsp3) is 0.455. The maximum atomic E-state index is 9.03. The third-order valence-corrected chi connectivity index (χ3v) is 2.65. The molecule has 14 heavy (non-hydrogen) atoms. The Morgan fingerprint density at radius 1 is 1.29 bits per heavy atom. The van der Waals surface area contributed by atoms with Gasteiger partial charge in [0.1, 0.15) is 6.07 Å². The molecule has 0 saturated heterocycles. The fourth-order valence-electron chi connectivity index (χ4n) is 1.93. The highest BCUT2D eigenvalue weighted by molar-refractivity contribution is 5.47. The average molecular weight is 188 g/mol. The van der Waals surface area contributed by atoms with Gasteiger partial charge in [-0.1, -0.05) is 0 Å². The Hall–Kier alpha value is -1.40. The van der Waals surface area contributed by atoms with Crippen molar-refractivity contribution in [2.45, 2.75) is 26.9 Å². The molecule has 0 aliphatic carbocycles. The number of pyridine rings is 1. The molecule has 0 N–H and O–H groups in total. The maximum Gasteiger partial charge on any atom is 0.101 e. The van der Waals surface area contributed by atoms with Gasteiger partial charge in [0.2, 0.25) is 0 Å². The van der Waals surface area contributed by atoms with Crippen molar-refractivity contribution in [3.05, 3.63) is 28.1 Å². The first kappa shape index (κ1) is 9.17. The minimum absolute atomic E-state index is 0.600. The Labute approximate surface area is 83.3 Å². The number of aryl methyl sites for hydroxylation is 2. The molecule has 3 nitrogen and oxygen atoms in total. The van der Waals surface area contributed by atoms with E-state index < -0.39 is 0 Å². The van der Waals surface area contributed by atoms with Gasteiger partial charge in [0.25, 0.3) is 0 Å². The van der Waals surface area contributed by atoms with Crippen LogP contribution in [0.25, 0.3) is 0 Å². The third-order valence-electron chi connectivity index (χ3n) is 2.65. The van der Waals surface area contributed by atoms with Gasteiger partial charge in [-0.25, -0.2) is 0 Å². The van der Waals surface area contributed by atoms with Crippen molar-refractivity contribution in [2.24, 2.45) is 0 Å². The molecule has 0 spiro atoms. The van der Waals surface area contributed by atoms with Crippen molar-refractivity contribution >= 4 is 0 Å². The van der Waals surface area contributed by atoms with E-state index in [1.807, 2.05) is 13.8 Å². The summed E-state index contributed by atoms with van der Waals surface area (Å²) >= 11 is 0. The van der Waals surface area contributed by atoms with E-state index in [2.05, 4.69) is 11.1 Å². The number of hydrogen-bond acceptors (Lipinski definition) is 3. The van der Waals surface area contributed by atoms with E-state index in [9.17, 15) is 0 Å². The van der Waals surface area contributed by atoms with E-state index in [1.54, 1.807) is 0 Å². The summed E-state index contributed by atoms with van der Waals surface area (Å²) in [7, 11) is 0. The summed E-state index contributed by atoms with van der Waals surface area (Å²) < 4.78 is 5.37. The van der Waals surface area contributed by atoms with E-state index in [4.69, 9.17) is 10.00 Å². The normalized spacial score (nSPS) is 14.6. The van der Waals surface area contributed by atoms with Crippen LogP contribution in [-0.4, -0.2) is 11.6 Å². The molecule has 2 heterocycles. The Morgan fingerprint density at radius 3 is 2.79 bits per heavy atom. The number of nitriles is 1. The summed E-state index contributed by atoms with van der Waals surface area (Å²) in [6.07, 6.45) is 0.836. The maximum absolute atomic E-state index is 9.03. The molecule has 72 valence electrons. The van der Waals surface area contributed by atoms with Gasteiger partial charge < -0.3 is 4.74 Å². The zero-order valence-corrected chi connectivity index (χ0v) is 8.42. The minimum Gasteiger partial charge on any atom is -0.376 e. The summed E-state index contributed by atoms with van der Waals surface area (Å²) in [6.45, 7) is 5.18. The lowest BCUT2D eigenvalue weighted by atomic mass is 9.96. The fourth-order valence-corrected chi connectivity index (χ4v) is 1.93. The van der Waals surface area contributed by atoms with E-state index in [-0.39, 0.29) is 0 Å². The van der Waals surface area contributed by atoms with E-state index in [1.165, 1.54) is 0 Å². The molecular formula is C11H12N2O. The molecule has 0 saturated carbocycles. The SMILES string of the molecule is Cc1nc(C)c2c(c1C#N)CCOC2. The van der Waals surface area contributed by atoms with Crippen LogP contribution < -0.4 is 0 Å². The van der Waals surface area contributed by atoms with Crippen molar-refractivity contribution in [2.75, 3.05) is 6.61 Å². The topological polar surface area (TPSA) is 45.9 Å². The predicted molar refractivity (Wildman–Crippen MR) is 51.8 cm³/mol. The number of ether oxygens (including phenoxy) is 1. The largest absolute Gasteiger partial charge is 0.376 e. The number of rotatable bonds is 0. The first-order chi connectivity index (χ1) is 6.74. The van der Waals surface area contributed by atoms with Crippen LogP contribution in [0.3, 0.4) is 0 Å². The van der Waals surface area contributed by atoms with Gasteiger partial charge in [-0.2, -0.15) is 5.26 Å². The lowest BCUT2D eigenvalue weighted by molar-refractivity contribution is 0.109. The van der Waals surface area contributed by atoms with Crippen LogP contribution in [0, 0.1) is 25.2 Å². The highest BCUT2D eigenvalue weighted by Gasteiger charge is 2.18. The Morgan fingerprint density at radius 2 is 2.07 bits per heavy atom. The lowest BCUT2D eigenvalue weighted by Gasteiger charge is -2.20. The Balaban J connectivity index is 2.69. The van der Waals surface area contributed by atoms with Crippen LogP contribution in [0.2, 0.25) is 0 Å². The highest BCUT2D eigenvalue weighted by atomic mass is 16.5. The zero-order valence-electron chi connectivity index (χ0n) is 8.42. The molecule has 0 bridgehead atoms. The van der Waals surface area contributed by atoms with E-state index in [0.29, 0.717) is 13.2 Å². The van der Waals surface area contributed by atoms with Gasteiger partial charge in [0, 0.05) is 11.3 Å². The summed E-state index contributed by atoms with van der Waals surface area (Å²) in [4.78, 5) is 4.36. The van der Waals surface area contributed by atoms with Crippen molar-refractivity contribution in [3.8, 4) is 6.07 Å². The van der Waals surface area contributed by atoms with Crippen molar-refractivity contribution in [3.63, 3.8) is 0 Å². The molecule has 2 rings (SSSR count). The number of fused-ring (bicyclic) bond motifs is 1.